The smallest absolute Gasteiger partial charge is 0.343 e. The van der Waals surface area contributed by atoms with Crippen molar-refractivity contribution >= 4 is 37.8 Å². The Balaban J connectivity index is 0. The van der Waals surface area contributed by atoms with Crippen LogP contribution >= 0.6 is 31.9 Å². The van der Waals surface area contributed by atoms with Crippen LogP contribution in [0.15, 0.2) is 9.47 Å². The van der Waals surface area contributed by atoms with Crippen molar-refractivity contribution < 1.29 is 29.4 Å². The molecule has 0 aliphatic carbocycles. The molecule has 0 radical (unpaired) electrons. The molecule has 0 spiro atoms. The van der Waals surface area contributed by atoms with Crippen molar-refractivity contribution in [3.8, 4) is 0 Å². The molecule has 0 atom stereocenters. The van der Waals surface area contributed by atoms with E-state index >= 15 is 0 Å². The van der Waals surface area contributed by atoms with Gasteiger partial charge in [0.15, 0.2) is 0 Å². The minimum absolute atomic E-state index is 0. The van der Waals surface area contributed by atoms with Crippen LogP contribution in [0.3, 0.4) is 0 Å². The summed E-state index contributed by atoms with van der Waals surface area (Å²) in [4.78, 5) is 11.1. The number of carboxylic acid groups (broad SMARTS) is 1. The molecule has 0 bridgehead atoms. The summed E-state index contributed by atoms with van der Waals surface area (Å²) in [5, 5.41) is 8.04. The Morgan fingerprint density at radius 3 is 2.00 bits per heavy atom. The van der Waals surface area contributed by atoms with Crippen LogP contribution in [0.1, 0.15) is 0 Å². The summed E-state index contributed by atoms with van der Waals surface area (Å²) in [6.45, 7) is 0. The minimum atomic E-state index is -0.975. The Kier molecular flexibility index (Phi) is 8.57. The van der Waals surface area contributed by atoms with Gasteiger partial charge in [0.25, 0.3) is 0 Å². The summed E-state index contributed by atoms with van der Waals surface area (Å²) in [5.41, 5.74) is 0. The van der Waals surface area contributed by atoms with Gasteiger partial charge in [-0.25, -0.2) is 4.79 Å². The first-order valence-corrected chi connectivity index (χ1v) is 3.08. The molecule has 0 rings (SSSR count). The molecule has 0 amide bonds. The second-order valence-electron chi connectivity index (χ2n) is 0.762. The van der Waals surface area contributed by atoms with Crippen LogP contribution < -0.4 is 0 Å². The summed E-state index contributed by atoms with van der Waals surface area (Å²) >= 11 is 5.58. The van der Waals surface area contributed by atoms with Gasteiger partial charge in [-0.2, -0.15) is 0 Å². The molecule has 0 unspecified atom stereocenters. The van der Waals surface area contributed by atoms with Gasteiger partial charge in [-0.1, -0.05) is 15.9 Å². The summed E-state index contributed by atoms with van der Waals surface area (Å²) in [7, 11) is 0. The molecular formula is C3H2Br2O2Zn. The normalized spacial score (nSPS) is 10.0. The van der Waals surface area contributed by atoms with Crippen LogP contribution in [-0.4, -0.2) is 11.1 Å². The molecule has 2 nitrogen and oxygen atoms in total. The third kappa shape index (κ3) is 4.94. The first kappa shape index (κ1) is 11.6. The molecule has 0 fully saturated rings. The molecule has 0 saturated heterocycles. The standard InChI is InChI=1S/C3H2Br2O2.Zn/c4-1-2(5)3(6)7;/h1H,(H,6,7);. The maximum absolute atomic E-state index is 9.79. The van der Waals surface area contributed by atoms with E-state index in [0.29, 0.717) is 0 Å². The van der Waals surface area contributed by atoms with E-state index in [1.165, 1.54) is 4.99 Å². The van der Waals surface area contributed by atoms with Crippen molar-refractivity contribution in [2.75, 3.05) is 0 Å². The van der Waals surface area contributed by atoms with Crippen LogP contribution in [-0.2, 0) is 24.3 Å². The summed E-state index contributed by atoms with van der Waals surface area (Å²) in [6.07, 6.45) is 0. The maximum Gasteiger partial charge on any atom is 0.343 e. The molecule has 5 heteroatoms. The molecular weight excluding hydrogens is 293 g/mol. The van der Waals surface area contributed by atoms with Crippen molar-refractivity contribution in [3.63, 3.8) is 0 Å². The summed E-state index contributed by atoms with van der Waals surface area (Å²) < 4.78 is 0.118. The fourth-order valence-electron chi connectivity index (χ4n) is 0.0467. The minimum Gasteiger partial charge on any atom is -0.477 e. The molecule has 0 aromatic heterocycles. The number of hydrogen-bond acceptors (Lipinski definition) is 1. The molecule has 0 aliphatic heterocycles. The summed E-state index contributed by atoms with van der Waals surface area (Å²) in [6, 6.07) is 0. The zero-order chi connectivity index (χ0) is 5.86. The molecule has 42 valence electrons. The van der Waals surface area contributed by atoms with E-state index in [4.69, 9.17) is 5.11 Å². The Hall–Kier alpha value is 0.793. The largest absolute Gasteiger partial charge is 0.477 e. The van der Waals surface area contributed by atoms with E-state index in [2.05, 4.69) is 31.9 Å². The Labute approximate surface area is 76.4 Å². The van der Waals surface area contributed by atoms with E-state index in [1.807, 2.05) is 0 Å². The number of aliphatic carboxylic acids is 1. The van der Waals surface area contributed by atoms with Gasteiger partial charge >= 0.3 is 5.97 Å². The van der Waals surface area contributed by atoms with Crippen molar-refractivity contribution in [3.05, 3.63) is 9.47 Å². The van der Waals surface area contributed by atoms with E-state index in [1.54, 1.807) is 0 Å². The van der Waals surface area contributed by atoms with Crippen molar-refractivity contribution in [1.29, 1.82) is 0 Å². The number of hydrogen-bond donors (Lipinski definition) is 1. The Morgan fingerprint density at radius 2 is 2.00 bits per heavy atom. The van der Waals surface area contributed by atoms with Crippen LogP contribution in [0.5, 0.6) is 0 Å². The van der Waals surface area contributed by atoms with Crippen LogP contribution in [0.2, 0.25) is 0 Å². The Morgan fingerprint density at radius 1 is 1.62 bits per heavy atom. The fraction of sp³-hybridized carbons (Fsp3) is 0. The molecule has 0 aromatic rings. The quantitative estimate of drug-likeness (QED) is 0.590. The number of halogens is 2. The maximum atomic E-state index is 9.79. The fourth-order valence-corrected chi connectivity index (χ4v) is 0.243. The van der Waals surface area contributed by atoms with Gasteiger partial charge in [-0.3, -0.25) is 0 Å². The van der Waals surface area contributed by atoms with Crippen molar-refractivity contribution in [2.45, 2.75) is 0 Å². The van der Waals surface area contributed by atoms with Gasteiger partial charge in [0.2, 0.25) is 0 Å². The van der Waals surface area contributed by atoms with Gasteiger partial charge < -0.3 is 5.11 Å². The second kappa shape index (κ2) is 5.92. The SMILES string of the molecule is O=C(O)C(Br)=CBr.[Zn]. The topological polar surface area (TPSA) is 37.3 Å². The molecule has 0 aromatic carbocycles. The molecule has 0 aliphatic rings. The van der Waals surface area contributed by atoms with E-state index in [-0.39, 0.29) is 24.0 Å². The predicted molar refractivity (Wildman–Crippen MR) is 33.6 cm³/mol. The van der Waals surface area contributed by atoms with E-state index in [0.717, 1.165) is 0 Å². The average Bonchev–Trinajstić information content (AvgIpc) is 1.65. The van der Waals surface area contributed by atoms with Crippen LogP contribution in [0.4, 0.5) is 0 Å². The monoisotopic (exact) mass is 292 g/mol. The molecule has 8 heavy (non-hydrogen) atoms. The van der Waals surface area contributed by atoms with E-state index < -0.39 is 5.97 Å². The van der Waals surface area contributed by atoms with Gasteiger partial charge in [-0.05, 0) is 15.9 Å². The zero-order valence-corrected chi connectivity index (χ0v) is 10.0. The van der Waals surface area contributed by atoms with Crippen molar-refractivity contribution in [2.24, 2.45) is 0 Å². The van der Waals surface area contributed by atoms with Crippen LogP contribution in [0.25, 0.3) is 0 Å². The first-order chi connectivity index (χ1) is 3.18. The van der Waals surface area contributed by atoms with Gasteiger partial charge in [0, 0.05) is 24.5 Å². The molecule has 0 saturated carbocycles. The third-order valence-corrected chi connectivity index (χ3v) is 1.94. The zero-order valence-electron chi connectivity index (χ0n) is 3.90. The molecule has 0 heterocycles. The molecule has 1 N–H and O–H groups in total. The predicted octanol–water partition coefficient (Wildman–Crippen LogP) is 1.70. The number of rotatable bonds is 1. The average molecular weight is 295 g/mol. The number of carbonyl (C=O) groups is 1. The van der Waals surface area contributed by atoms with E-state index in [9.17, 15) is 4.79 Å². The van der Waals surface area contributed by atoms with Gasteiger partial charge in [0.05, 0.1) is 0 Å². The number of carboxylic acids is 1. The third-order valence-electron chi connectivity index (χ3n) is 0.300. The van der Waals surface area contributed by atoms with Crippen molar-refractivity contribution in [1.82, 2.24) is 0 Å². The first-order valence-electron chi connectivity index (χ1n) is 1.37. The second-order valence-corrected chi connectivity index (χ2v) is 2.07. The van der Waals surface area contributed by atoms with Gasteiger partial charge in [-0.15, -0.1) is 0 Å². The van der Waals surface area contributed by atoms with Crippen LogP contribution in [0, 0.1) is 0 Å². The summed E-state index contributed by atoms with van der Waals surface area (Å²) in [5.74, 6) is -0.975. The Bertz CT molecular complexity index is 112. The van der Waals surface area contributed by atoms with Gasteiger partial charge in [0.1, 0.15) is 4.48 Å².